The van der Waals surface area contributed by atoms with Crippen LogP contribution in [-0.4, -0.2) is 44.3 Å². The number of hydrogen-bond acceptors (Lipinski definition) is 8. The number of amides is 1. The number of sulfone groups is 1. The van der Waals surface area contributed by atoms with Gasteiger partial charge >= 0.3 is 5.97 Å². The maximum atomic E-state index is 12.9. The van der Waals surface area contributed by atoms with Crippen LogP contribution in [0.1, 0.15) is 15.9 Å². The number of rotatable bonds is 10. The van der Waals surface area contributed by atoms with Gasteiger partial charge in [-0.25, -0.2) is 18.2 Å². The maximum Gasteiger partial charge on any atom is 0.331 e. The van der Waals surface area contributed by atoms with Gasteiger partial charge in [0.2, 0.25) is 9.84 Å². The highest BCUT2D eigenvalue weighted by atomic mass is 35.5. The Morgan fingerprint density at radius 2 is 1.40 bits per heavy atom. The summed E-state index contributed by atoms with van der Waals surface area (Å²) in [5.41, 5.74) is 7.52. The van der Waals surface area contributed by atoms with Crippen LogP contribution in [0.25, 0.3) is 0 Å². The van der Waals surface area contributed by atoms with Gasteiger partial charge in [-0.15, -0.1) is 0 Å². The Bertz CT molecular complexity index is 1850. The van der Waals surface area contributed by atoms with E-state index in [1.54, 1.807) is 42.5 Å². The number of nitrogens with one attached hydrogen (secondary N) is 2. The second-order valence-electron chi connectivity index (χ2n) is 9.41. The van der Waals surface area contributed by atoms with E-state index in [0.29, 0.717) is 16.9 Å². The zero-order valence-electron chi connectivity index (χ0n) is 23.4. The fourth-order valence-electron chi connectivity index (χ4n) is 4.12. The van der Waals surface area contributed by atoms with Gasteiger partial charge in [-0.05, 0) is 66.2 Å². The molecule has 0 radical (unpaired) electrons. The lowest BCUT2D eigenvalue weighted by Crippen LogP contribution is -2.30. The van der Waals surface area contributed by atoms with Gasteiger partial charge in [-0.1, -0.05) is 41.4 Å². The molecule has 4 aromatic rings. The van der Waals surface area contributed by atoms with E-state index in [2.05, 4.69) is 15.6 Å². The van der Waals surface area contributed by atoms with Crippen LogP contribution in [0, 0.1) is 10.1 Å². The van der Waals surface area contributed by atoms with Crippen LogP contribution in [0.4, 0.5) is 17.1 Å². The Morgan fingerprint density at radius 3 is 1.93 bits per heavy atom. The number of carbonyl (C=O) groups is 2. The molecule has 4 rings (SSSR count). The SMILES string of the molecule is COC(=O)[C@H](Cc1ccc(NC(=O)c2c(Cl)cccc2Cl)cc1)N=C(N)Nc1ccc(S(=O)(=O)c2ccc([N+](=O)[O-])cc2)cc1. The third-order valence-corrected chi connectivity index (χ3v) is 8.81. The molecule has 0 spiro atoms. The number of halogens is 2. The number of guanidine groups is 1. The molecule has 0 heterocycles. The molecule has 0 aliphatic heterocycles. The van der Waals surface area contributed by atoms with Crippen molar-refractivity contribution in [2.75, 3.05) is 17.7 Å². The van der Waals surface area contributed by atoms with Crippen molar-refractivity contribution in [3.05, 3.63) is 122 Å². The summed E-state index contributed by atoms with van der Waals surface area (Å²) in [7, 11) is -2.71. The van der Waals surface area contributed by atoms with Gasteiger partial charge in [0.1, 0.15) is 0 Å². The maximum absolute atomic E-state index is 12.9. The molecule has 12 nitrogen and oxygen atoms in total. The Balaban J connectivity index is 1.43. The summed E-state index contributed by atoms with van der Waals surface area (Å²) in [6.45, 7) is 0. The third kappa shape index (κ3) is 8.15. The van der Waals surface area contributed by atoms with E-state index in [9.17, 15) is 28.1 Å². The van der Waals surface area contributed by atoms with Crippen molar-refractivity contribution in [2.45, 2.75) is 22.3 Å². The lowest BCUT2D eigenvalue weighted by molar-refractivity contribution is -0.384. The average Bonchev–Trinajstić information content (AvgIpc) is 3.01. The standard InChI is InChI=1S/C30H25Cl2N5O7S/c1-44-29(39)26(17-18-5-7-19(8-6-18)34-28(38)27-24(31)3-2-4-25(27)32)36-30(33)35-20-9-13-22(14-10-20)45(42,43)23-15-11-21(12-16-23)37(40)41/h2-16,26H,17H2,1H3,(H,34,38)(H3,33,35,36)/t26-/m0/s1. The summed E-state index contributed by atoms with van der Waals surface area (Å²) in [6.07, 6.45) is 0.117. The number of benzene rings is 4. The first-order valence-electron chi connectivity index (χ1n) is 13.0. The van der Waals surface area contributed by atoms with Crippen LogP contribution < -0.4 is 16.4 Å². The van der Waals surface area contributed by atoms with E-state index in [4.69, 9.17) is 33.7 Å². The summed E-state index contributed by atoms with van der Waals surface area (Å²) < 4.78 is 30.7. The normalized spacial score (nSPS) is 12.2. The van der Waals surface area contributed by atoms with Gasteiger partial charge in [0.05, 0.1) is 37.4 Å². The molecule has 45 heavy (non-hydrogen) atoms. The minimum Gasteiger partial charge on any atom is -0.467 e. The monoisotopic (exact) mass is 669 g/mol. The number of nitro groups is 1. The van der Waals surface area contributed by atoms with E-state index in [0.717, 1.165) is 24.3 Å². The van der Waals surface area contributed by atoms with E-state index < -0.39 is 32.7 Å². The van der Waals surface area contributed by atoms with Crippen LogP contribution in [0.15, 0.2) is 106 Å². The smallest absolute Gasteiger partial charge is 0.331 e. The molecular formula is C30H25Cl2N5O7S. The second kappa shape index (κ2) is 14.2. The third-order valence-electron chi connectivity index (χ3n) is 6.39. The first-order valence-corrected chi connectivity index (χ1v) is 15.2. The van der Waals surface area contributed by atoms with Crippen LogP contribution in [0.5, 0.6) is 0 Å². The lowest BCUT2D eigenvalue weighted by atomic mass is 10.1. The molecule has 4 aromatic carbocycles. The molecule has 0 aliphatic carbocycles. The first kappa shape index (κ1) is 32.9. The molecule has 0 bridgehead atoms. The molecule has 0 aliphatic rings. The van der Waals surface area contributed by atoms with Gasteiger partial charge in [0.15, 0.2) is 12.0 Å². The van der Waals surface area contributed by atoms with Gasteiger partial charge in [-0.2, -0.15) is 0 Å². The van der Waals surface area contributed by atoms with Gasteiger partial charge in [0, 0.05) is 29.9 Å². The molecule has 0 unspecified atom stereocenters. The molecule has 0 aromatic heterocycles. The first-order chi connectivity index (χ1) is 21.4. The number of methoxy groups -OCH3 is 1. The molecule has 1 amide bonds. The topological polar surface area (TPSA) is 183 Å². The molecule has 0 fully saturated rings. The molecular weight excluding hydrogens is 645 g/mol. The van der Waals surface area contributed by atoms with Crippen LogP contribution in [0.2, 0.25) is 10.0 Å². The number of esters is 1. The zero-order valence-corrected chi connectivity index (χ0v) is 25.8. The van der Waals surface area contributed by atoms with Crippen molar-refractivity contribution in [2.24, 2.45) is 10.7 Å². The van der Waals surface area contributed by atoms with Gasteiger partial charge in [0.25, 0.3) is 11.6 Å². The molecule has 1 atom stereocenters. The van der Waals surface area contributed by atoms with E-state index in [-0.39, 0.29) is 43.5 Å². The highest BCUT2D eigenvalue weighted by Gasteiger charge is 2.21. The van der Waals surface area contributed by atoms with Gasteiger partial charge < -0.3 is 21.1 Å². The number of anilines is 2. The van der Waals surface area contributed by atoms with Gasteiger partial charge in [-0.3, -0.25) is 14.9 Å². The van der Waals surface area contributed by atoms with Crippen molar-refractivity contribution >= 4 is 67.9 Å². The quantitative estimate of drug-likeness (QED) is 0.0645. The van der Waals surface area contributed by atoms with Crippen molar-refractivity contribution in [3.63, 3.8) is 0 Å². The molecule has 0 saturated heterocycles. The fraction of sp³-hybridized carbons (Fsp3) is 0.100. The number of hydrogen-bond donors (Lipinski definition) is 3. The summed E-state index contributed by atoms with van der Waals surface area (Å²) in [5, 5.41) is 16.8. The van der Waals surface area contributed by atoms with Crippen LogP contribution in [-0.2, 0) is 25.8 Å². The Morgan fingerprint density at radius 1 is 0.889 bits per heavy atom. The molecule has 15 heteroatoms. The van der Waals surface area contributed by atoms with E-state index in [1.807, 2.05) is 0 Å². The number of ether oxygens (including phenoxy) is 1. The average molecular weight is 671 g/mol. The largest absolute Gasteiger partial charge is 0.467 e. The number of carbonyl (C=O) groups excluding carboxylic acids is 2. The number of nitrogens with two attached hydrogens (primary N) is 1. The minimum atomic E-state index is -3.93. The Labute approximate surface area is 267 Å². The van der Waals surface area contributed by atoms with E-state index >= 15 is 0 Å². The number of non-ortho nitro benzene ring substituents is 1. The van der Waals surface area contributed by atoms with Crippen molar-refractivity contribution < 1.29 is 27.7 Å². The predicted molar refractivity (Wildman–Crippen MR) is 171 cm³/mol. The van der Waals surface area contributed by atoms with Crippen molar-refractivity contribution in [1.29, 1.82) is 0 Å². The Kier molecular flexibility index (Phi) is 10.4. The lowest BCUT2D eigenvalue weighted by Gasteiger charge is -2.14. The molecule has 0 saturated carbocycles. The highest BCUT2D eigenvalue weighted by molar-refractivity contribution is 7.91. The minimum absolute atomic E-state index is 0.0422. The van der Waals surface area contributed by atoms with Crippen LogP contribution in [0.3, 0.4) is 0 Å². The van der Waals surface area contributed by atoms with E-state index in [1.165, 1.54) is 31.4 Å². The molecule has 232 valence electrons. The highest BCUT2D eigenvalue weighted by Crippen LogP contribution is 2.26. The number of nitrogens with zero attached hydrogens (tertiary/aromatic N) is 2. The number of nitro benzene ring substituents is 1. The fourth-order valence-corrected chi connectivity index (χ4v) is 5.95. The Hall–Kier alpha value is -4.98. The summed E-state index contributed by atoms with van der Waals surface area (Å²) in [6, 6.07) is 20.6. The summed E-state index contributed by atoms with van der Waals surface area (Å²) in [4.78, 5) is 39.5. The van der Waals surface area contributed by atoms with Crippen molar-refractivity contribution in [1.82, 2.24) is 0 Å². The second-order valence-corrected chi connectivity index (χ2v) is 12.2. The molecule has 4 N–H and O–H groups in total. The van der Waals surface area contributed by atoms with Crippen LogP contribution >= 0.6 is 23.2 Å². The summed E-state index contributed by atoms with van der Waals surface area (Å²) >= 11 is 12.2. The zero-order chi connectivity index (χ0) is 32.7. The number of aliphatic imine (C=N–C) groups is 1. The predicted octanol–water partition coefficient (Wildman–Crippen LogP) is 5.50. The van der Waals surface area contributed by atoms with Crippen molar-refractivity contribution in [3.8, 4) is 0 Å². The summed E-state index contributed by atoms with van der Waals surface area (Å²) in [5.74, 6) is -1.25.